The zero-order valence-electron chi connectivity index (χ0n) is 21.6. The molecule has 33 heavy (non-hydrogen) atoms. The Morgan fingerprint density at radius 3 is 2.30 bits per heavy atom. The van der Waals surface area contributed by atoms with Crippen LogP contribution in [0.15, 0.2) is 11.6 Å². The zero-order valence-corrected chi connectivity index (χ0v) is 21.6. The Morgan fingerprint density at radius 1 is 0.970 bits per heavy atom. The van der Waals surface area contributed by atoms with Crippen molar-refractivity contribution < 1.29 is 20.4 Å². The molecule has 0 aliphatic heterocycles. The molecule has 4 heteroatoms. The number of rotatable bonds is 5. The fraction of sp³-hybridized carbons (Fsp3) is 0.931. The van der Waals surface area contributed by atoms with E-state index in [2.05, 4.69) is 27.7 Å². The van der Waals surface area contributed by atoms with Gasteiger partial charge in [-0.25, -0.2) is 0 Å². The fourth-order valence-corrected chi connectivity index (χ4v) is 9.56. The molecule has 0 aromatic carbocycles. The van der Waals surface area contributed by atoms with Gasteiger partial charge in [0.05, 0.1) is 11.7 Å². The van der Waals surface area contributed by atoms with Crippen LogP contribution in [-0.4, -0.2) is 43.8 Å². The Hall–Kier alpha value is -0.420. The van der Waals surface area contributed by atoms with Gasteiger partial charge in [0.25, 0.3) is 0 Å². The van der Waals surface area contributed by atoms with Crippen molar-refractivity contribution in [2.75, 3.05) is 0 Å². The predicted octanol–water partition coefficient (Wildman–Crippen LogP) is 4.84. The van der Waals surface area contributed by atoms with Crippen molar-refractivity contribution >= 4 is 0 Å². The van der Waals surface area contributed by atoms with Gasteiger partial charge in [-0.3, -0.25) is 0 Å². The van der Waals surface area contributed by atoms with Gasteiger partial charge in [-0.2, -0.15) is 0 Å². The van der Waals surface area contributed by atoms with Crippen molar-refractivity contribution in [3.05, 3.63) is 11.6 Å². The van der Waals surface area contributed by atoms with Gasteiger partial charge >= 0.3 is 0 Å². The first kappa shape index (κ1) is 24.3. The van der Waals surface area contributed by atoms with Gasteiger partial charge < -0.3 is 20.4 Å². The van der Waals surface area contributed by atoms with Gasteiger partial charge in [-0.15, -0.1) is 0 Å². The van der Waals surface area contributed by atoms with Crippen LogP contribution < -0.4 is 0 Å². The summed E-state index contributed by atoms with van der Waals surface area (Å²) >= 11 is 0. The van der Waals surface area contributed by atoms with E-state index in [1.54, 1.807) is 0 Å². The van der Waals surface area contributed by atoms with E-state index in [9.17, 15) is 20.4 Å². The molecule has 0 bridgehead atoms. The average Bonchev–Trinajstić information content (AvgIpc) is 3.39. The summed E-state index contributed by atoms with van der Waals surface area (Å²) in [5.41, 5.74) is -2.25. The number of hydrogen-bond donors (Lipinski definition) is 4. The molecule has 0 radical (unpaired) electrons. The lowest BCUT2D eigenvalue weighted by molar-refractivity contribution is -0.258. The van der Waals surface area contributed by atoms with Crippen LogP contribution in [0, 0.1) is 46.3 Å². The first-order chi connectivity index (χ1) is 15.4. The van der Waals surface area contributed by atoms with Crippen LogP contribution in [-0.2, 0) is 0 Å². The summed E-state index contributed by atoms with van der Waals surface area (Å²) in [7, 11) is 0. The lowest BCUT2D eigenvalue weighted by atomic mass is 9.43. The van der Waals surface area contributed by atoms with Gasteiger partial charge in [0.15, 0.2) is 0 Å². The first-order valence-corrected chi connectivity index (χ1v) is 13.9. The van der Waals surface area contributed by atoms with Crippen molar-refractivity contribution in [2.45, 2.75) is 122 Å². The van der Waals surface area contributed by atoms with Gasteiger partial charge in [0.2, 0.25) is 0 Å². The first-order valence-electron chi connectivity index (χ1n) is 13.9. The Balaban J connectivity index is 1.39. The number of hydrogen-bond acceptors (Lipinski definition) is 4. The summed E-state index contributed by atoms with van der Waals surface area (Å²) < 4.78 is 0. The molecule has 0 spiro atoms. The van der Waals surface area contributed by atoms with Crippen LogP contribution in [0.3, 0.4) is 0 Å². The molecule has 0 aromatic rings. The van der Waals surface area contributed by atoms with Gasteiger partial charge in [0, 0.05) is 11.8 Å². The molecule has 5 aliphatic carbocycles. The molecule has 0 saturated heterocycles. The molecule has 4 nitrogen and oxygen atoms in total. The van der Waals surface area contributed by atoms with Crippen LogP contribution in [0.5, 0.6) is 0 Å². The van der Waals surface area contributed by atoms with Crippen LogP contribution in [0.25, 0.3) is 0 Å². The predicted molar refractivity (Wildman–Crippen MR) is 130 cm³/mol. The molecule has 12 atom stereocenters. The lowest BCUT2D eigenvalue weighted by Gasteiger charge is -2.65. The molecule has 5 rings (SSSR count). The van der Waals surface area contributed by atoms with Crippen LogP contribution >= 0.6 is 0 Å². The number of fused-ring (bicyclic) bond motifs is 5. The van der Waals surface area contributed by atoms with E-state index in [0.717, 1.165) is 36.2 Å². The molecule has 0 heterocycles. The molecule has 0 amide bonds. The van der Waals surface area contributed by atoms with Crippen LogP contribution in [0.2, 0.25) is 0 Å². The van der Waals surface area contributed by atoms with Crippen LogP contribution in [0.1, 0.15) is 98.8 Å². The third-order valence-electron chi connectivity index (χ3n) is 12.2. The second-order valence-electron chi connectivity index (χ2n) is 13.7. The normalized spacial score (nSPS) is 55.1. The van der Waals surface area contributed by atoms with Gasteiger partial charge in [-0.05, 0) is 91.4 Å². The van der Waals surface area contributed by atoms with Crippen molar-refractivity contribution in [1.29, 1.82) is 0 Å². The number of aliphatic hydroxyl groups excluding tert-OH is 2. The Kier molecular flexibility index (Phi) is 5.73. The largest absolute Gasteiger partial charge is 0.393 e. The molecule has 0 aromatic heterocycles. The molecule has 4 saturated carbocycles. The summed E-state index contributed by atoms with van der Waals surface area (Å²) in [4.78, 5) is 0. The molecular weight excluding hydrogens is 412 g/mol. The van der Waals surface area contributed by atoms with E-state index in [0.29, 0.717) is 31.1 Å². The molecule has 0 unspecified atom stereocenters. The quantitative estimate of drug-likeness (QED) is 0.443. The highest BCUT2D eigenvalue weighted by atomic mass is 16.4. The van der Waals surface area contributed by atoms with E-state index < -0.39 is 28.8 Å². The third-order valence-corrected chi connectivity index (χ3v) is 12.2. The Morgan fingerprint density at radius 2 is 1.64 bits per heavy atom. The minimum absolute atomic E-state index is 0.135. The average molecular weight is 461 g/mol. The second-order valence-corrected chi connectivity index (χ2v) is 13.7. The standard InChI is InChI=1S/C29H48O4/c1-17(21-14-19(21)3)6-7-18(2)22-8-9-23-24-15-25(31)29(33)16-20(30)10-11-27(29,5)28(24,32)13-12-26(22,23)4/h15,17-23,25,30-33H,6-14,16H2,1-5H3/t17-,18-,19-,20+,21+,22-,23+,25+,26-,27-,28-,29+/m1/s1. The van der Waals surface area contributed by atoms with Crippen molar-refractivity contribution in [3.63, 3.8) is 0 Å². The summed E-state index contributed by atoms with van der Waals surface area (Å²) in [6, 6.07) is 0. The van der Waals surface area contributed by atoms with Crippen molar-refractivity contribution in [1.82, 2.24) is 0 Å². The van der Waals surface area contributed by atoms with E-state index >= 15 is 0 Å². The topological polar surface area (TPSA) is 80.9 Å². The monoisotopic (exact) mass is 460 g/mol. The second kappa shape index (κ2) is 7.79. The molecule has 4 N–H and O–H groups in total. The van der Waals surface area contributed by atoms with Gasteiger partial charge in [0.1, 0.15) is 11.7 Å². The summed E-state index contributed by atoms with van der Waals surface area (Å²) in [5.74, 6) is 4.29. The highest BCUT2D eigenvalue weighted by Crippen LogP contribution is 2.69. The molecular formula is C29H48O4. The molecule has 4 fully saturated rings. The van der Waals surface area contributed by atoms with E-state index in [4.69, 9.17) is 0 Å². The number of aliphatic hydroxyl groups is 4. The molecule has 188 valence electrons. The summed E-state index contributed by atoms with van der Waals surface area (Å²) in [6.45, 7) is 11.7. The Bertz CT molecular complexity index is 809. The Labute approximate surface area is 200 Å². The van der Waals surface area contributed by atoms with Crippen LogP contribution in [0.4, 0.5) is 0 Å². The molecule has 5 aliphatic rings. The van der Waals surface area contributed by atoms with E-state index in [1.165, 1.54) is 25.7 Å². The maximum atomic E-state index is 12.2. The SMILES string of the molecule is C[C@H](CC[C@@H](C)[C@H]1CC[C@H]2C3=C[C@H](O)[C@@]4(O)C[C@@H](O)CC[C@]4(C)[C@@]3(O)CC[C@]12C)[C@@H]1C[C@H]1C. The highest BCUT2D eigenvalue weighted by molar-refractivity contribution is 5.40. The van der Waals surface area contributed by atoms with Gasteiger partial charge in [-0.1, -0.05) is 53.5 Å². The van der Waals surface area contributed by atoms with Crippen molar-refractivity contribution in [3.8, 4) is 0 Å². The summed E-state index contributed by atoms with van der Waals surface area (Å²) in [6.07, 6.45) is 9.31. The minimum Gasteiger partial charge on any atom is -0.393 e. The summed E-state index contributed by atoms with van der Waals surface area (Å²) in [5, 5.41) is 45.3. The smallest absolute Gasteiger partial charge is 0.105 e. The third kappa shape index (κ3) is 3.29. The maximum Gasteiger partial charge on any atom is 0.105 e. The minimum atomic E-state index is -1.47. The highest BCUT2D eigenvalue weighted by Gasteiger charge is 2.71. The van der Waals surface area contributed by atoms with Crippen molar-refractivity contribution in [2.24, 2.45) is 46.3 Å². The maximum absolute atomic E-state index is 12.2. The van der Waals surface area contributed by atoms with E-state index in [-0.39, 0.29) is 17.8 Å². The van der Waals surface area contributed by atoms with E-state index in [1.807, 2.05) is 13.0 Å². The lowest BCUT2D eigenvalue weighted by Crippen LogP contribution is -2.72. The fourth-order valence-electron chi connectivity index (χ4n) is 9.56. The zero-order chi connectivity index (χ0) is 24.0.